The van der Waals surface area contributed by atoms with E-state index in [1.54, 1.807) is 6.07 Å². The van der Waals surface area contributed by atoms with E-state index < -0.39 is 0 Å². The number of hydrogen-bond donors (Lipinski definition) is 2. The van der Waals surface area contributed by atoms with Crippen molar-refractivity contribution < 1.29 is 4.79 Å². The third kappa shape index (κ3) is 3.85. The number of amides is 1. The van der Waals surface area contributed by atoms with Gasteiger partial charge in [0.1, 0.15) is 0 Å². The molecule has 3 nitrogen and oxygen atoms in total. The summed E-state index contributed by atoms with van der Waals surface area (Å²) in [7, 11) is 0. The van der Waals surface area contributed by atoms with Gasteiger partial charge in [0.25, 0.3) is 0 Å². The number of carbonyl (C=O) groups is 1. The Labute approximate surface area is 123 Å². The molecule has 1 saturated carbocycles. The van der Waals surface area contributed by atoms with Crippen molar-refractivity contribution >= 4 is 29.1 Å². The van der Waals surface area contributed by atoms with E-state index in [1.165, 1.54) is 0 Å². The fourth-order valence-electron chi connectivity index (χ4n) is 2.46. The normalized spacial score (nSPS) is 22.5. The molecular weight excluding hydrogens is 283 g/mol. The summed E-state index contributed by atoms with van der Waals surface area (Å²) in [6, 6.07) is 5.72. The highest BCUT2D eigenvalue weighted by Gasteiger charge is 2.27. The van der Waals surface area contributed by atoms with E-state index in [0.717, 1.165) is 24.8 Å². The fraction of sp³-hybridized carbons (Fsp3) is 0.500. The molecule has 0 heterocycles. The van der Waals surface area contributed by atoms with E-state index in [-0.39, 0.29) is 17.9 Å². The minimum Gasteiger partial charge on any atom is -0.356 e. The highest BCUT2D eigenvalue weighted by Crippen LogP contribution is 2.26. The van der Waals surface area contributed by atoms with Crippen molar-refractivity contribution in [3.05, 3.63) is 33.8 Å². The molecule has 0 bridgehead atoms. The van der Waals surface area contributed by atoms with Crippen molar-refractivity contribution in [3.8, 4) is 0 Å². The van der Waals surface area contributed by atoms with Crippen LogP contribution >= 0.6 is 23.2 Å². The summed E-state index contributed by atoms with van der Waals surface area (Å²) in [4.78, 5) is 11.9. The monoisotopic (exact) mass is 300 g/mol. The zero-order valence-electron chi connectivity index (χ0n) is 10.7. The molecule has 2 unspecified atom stereocenters. The molecule has 0 aliphatic heterocycles. The van der Waals surface area contributed by atoms with E-state index in [1.807, 2.05) is 12.1 Å². The van der Waals surface area contributed by atoms with Crippen LogP contribution in [-0.2, 0) is 11.2 Å². The number of hydrogen-bond acceptors (Lipinski definition) is 2. The second-order valence-electron chi connectivity index (χ2n) is 5.02. The van der Waals surface area contributed by atoms with Gasteiger partial charge in [0.05, 0.1) is 10.0 Å². The molecular formula is C14H18Cl2N2O. The van der Waals surface area contributed by atoms with Crippen LogP contribution in [0.15, 0.2) is 18.2 Å². The first-order valence-electron chi connectivity index (χ1n) is 6.54. The van der Waals surface area contributed by atoms with Gasteiger partial charge in [0.15, 0.2) is 0 Å². The first-order valence-corrected chi connectivity index (χ1v) is 7.29. The third-order valence-electron chi connectivity index (χ3n) is 3.57. The Balaban J connectivity index is 1.80. The minimum atomic E-state index is 0.0739. The number of carbonyl (C=O) groups excluding carboxylic acids is 1. The summed E-state index contributed by atoms with van der Waals surface area (Å²) in [6.45, 7) is 0.574. The van der Waals surface area contributed by atoms with Crippen LogP contribution in [0.2, 0.25) is 10.0 Å². The predicted molar refractivity (Wildman–Crippen MR) is 78.5 cm³/mol. The molecule has 1 amide bonds. The van der Waals surface area contributed by atoms with Gasteiger partial charge in [0.2, 0.25) is 5.91 Å². The highest BCUT2D eigenvalue weighted by atomic mass is 35.5. The van der Waals surface area contributed by atoms with Gasteiger partial charge in [-0.1, -0.05) is 35.3 Å². The van der Waals surface area contributed by atoms with Crippen molar-refractivity contribution in [1.82, 2.24) is 5.32 Å². The van der Waals surface area contributed by atoms with Gasteiger partial charge in [-0.3, -0.25) is 4.79 Å². The number of benzene rings is 1. The lowest BCUT2D eigenvalue weighted by Gasteiger charge is -2.11. The van der Waals surface area contributed by atoms with Crippen LogP contribution in [0.5, 0.6) is 0 Å². The zero-order valence-corrected chi connectivity index (χ0v) is 12.2. The Bertz CT molecular complexity index is 465. The molecule has 2 rings (SSSR count). The number of halogens is 2. The summed E-state index contributed by atoms with van der Waals surface area (Å²) in [5.74, 6) is 0.177. The van der Waals surface area contributed by atoms with E-state index >= 15 is 0 Å². The fourth-order valence-corrected chi connectivity index (χ4v) is 2.88. The molecule has 0 spiro atoms. The average Bonchev–Trinajstić information content (AvgIpc) is 2.81. The molecule has 1 aromatic carbocycles. The van der Waals surface area contributed by atoms with Gasteiger partial charge in [0, 0.05) is 18.5 Å². The van der Waals surface area contributed by atoms with Crippen LogP contribution in [-0.4, -0.2) is 18.5 Å². The standard InChI is InChI=1S/C14H18Cl2N2O/c15-12-3-1-2-9(13(12)16)6-7-18-14(19)10-4-5-11(17)8-10/h1-3,10-11H,4-8,17H2,(H,18,19). The molecule has 0 saturated heterocycles. The molecule has 1 aliphatic rings. The van der Waals surface area contributed by atoms with Gasteiger partial charge in [-0.15, -0.1) is 0 Å². The molecule has 1 fully saturated rings. The first-order chi connectivity index (χ1) is 9.08. The average molecular weight is 301 g/mol. The molecule has 3 N–H and O–H groups in total. The molecule has 2 atom stereocenters. The molecule has 0 aromatic heterocycles. The van der Waals surface area contributed by atoms with E-state index in [0.29, 0.717) is 23.0 Å². The Morgan fingerprint density at radius 3 is 2.84 bits per heavy atom. The van der Waals surface area contributed by atoms with Crippen LogP contribution in [0.4, 0.5) is 0 Å². The lowest BCUT2D eigenvalue weighted by atomic mass is 10.1. The summed E-state index contributed by atoms with van der Waals surface area (Å²) >= 11 is 12.0. The molecule has 5 heteroatoms. The molecule has 0 radical (unpaired) electrons. The van der Waals surface area contributed by atoms with Gasteiger partial charge in [-0.05, 0) is 37.3 Å². The van der Waals surface area contributed by atoms with Crippen LogP contribution in [0, 0.1) is 5.92 Å². The van der Waals surface area contributed by atoms with Crippen LogP contribution < -0.4 is 11.1 Å². The predicted octanol–water partition coefficient (Wildman–Crippen LogP) is 2.78. The maximum Gasteiger partial charge on any atom is 0.223 e. The zero-order chi connectivity index (χ0) is 13.8. The largest absolute Gasteiger partial charge is 0.356 e. The van der Waals surface area contributed by atoms with Crippen LogP contribution in [0.3, 0.4) is 0 Å². The van der Waals surface area contributed by atoms with Gasteiger partial charge in [-0.25, -0.2) is 0 Å². The van der Waals surface area contributed by atoms with Crippen molar-refractivity contribution in [2.45, 2.75) is 31.7 Å². The lowest BCUT2D eigenvalue weighted by Crippen LogP contribution is -2.31. The Morgan fingerprint density at radius 1 is 1.37 bits per heavy atom. The van der Waals surface area contributed by atoms with Crippen LogP contribution in [0.1, 0.15) is 24.8 Å². The second kappa shape index (κ2) is 6.60. The van der Waals surface area contributed by atoms with Gasteiger partial charge < -0.3 is 11.1 Å². The summed E-state index contributed by atoms with van der Waals surface area (Å²) < 4.78 is 0. The summed E-state index contributed by atoms with van der Waals surface area (Å²) in [6.07, 6.45) is 3.32. The second-order valence-corrected chi connectivity index (χ2v) is 5.81. The first kappa shape index (κ1) is 14.6. The Kier molecular flexibility index (Phi) is 5.08. The van der Waals surface area contributed by atoms with Crippen LogP contribution in [0.25, 0.3) is 0 Å². The number of nitrogens with one attached hydrogen (secondary N) is 1. The molecule has 1 aromatic rings. The van der Waals surface area contributed by atoms with E-state index in [2.05, 4.69) is 5.32 Å². The van der Waals surface area contributed by atoms with Crippen molar-refractivity contribution in [1.29, 1.82) is 0 Å². The summed E-state index contributed by atoms with van der Waals surface area (Å²) in [5, 5.41) is 4.06. The molecule has 19 heavy (non-hydrogen) atoms. The Hall–Kier alpha value is -0.770. The van der Waals surface area contributed by atoms with Crippen molar-refractivity contribution in [2.75, 3.05) is 6.54 Å². The smallest absolute Gasteiger partial charge is 0.223 e. The number of rotatable bonds is 4. The maximum atomic E-state index is 11.9. The molecule has 1 aliphatic carbocycles. The SMILES string of the molecule is NC1CCC(C(=O)NCCc2cccc(Cl)c2Cl)C1. The maximum absolute atomic E-state index is 11.9. The summed E-state index contributed by atoms with van der Waals surface area (Å²) in [5.41, 5.74) is 6.76. The molecule has 104 valence electrons. The van der Waals surface area contributed by atoms with Gasteiger partial charge >= 0.3 is 0 Å². The quantitative estimate of drug-likeness (QED) is 0.898. The third-order valence-corrected chi connectivity index (χ3v) is 4.43. The van der Waals surface area contributed by atoms with Gasteiger partial charge in [-0.2, -0.15) is 0 Å². The van der Waals surface area contributed by atoms with Crippen molar-refractivity contribution in [2.24, 2.45) is 11.7 Å². The number of nitrogens with two attached hydrogens (primary N) is 1. The van der Waals surface area contributed by atoms with Crippen molar-refractivity contribution in [3.63, 3.8) is 0 Å². The Morgan fingerprint density at radius 2 is 2.16 bits per heavy atom. The van der Waals surface area contributed by atoms with E-state index in [4.69, 9.17) is 28.9 Å². The lowest BCUT2D eigenvalue weighted by molar-refractivity contribution is -0.124. The minimum absolute atomic E-state index is 0.0739. The highest BCUT2D eigenvalue weighted by molar-refractivity contribution is 6.42. The topological polar surface area (TPSA) is 55.1 Å². The van der Waals surface area contributed by atoms with E-state index in [9.17, 15) is 4.79 Å².